The molecule has 2 N–H and O–H groups in total. The van der Waals surface area contributed by atoms with Gasteiger partial charge >= 0.3 is 12.2 Å². The highest BCUT2D eigenvalue weighted by molar-refractivity contribution is 5.74. The molecule has 1 atom stereocenters. The monoisotopic (exact) mass is 251 g/mol. The lowest BCUT2D eigenvalue weighted by atomic mass is 9.84. The van der Waals surface area contributed by atoms with Crippen LogP contribution in [0.1, 0.15) is 12.8 Å². The van der Waals surface area contributed by atoms with Gasteiger partial charge in [-0.1, -0.05) is 0 Å². The van der Waals surface area contributed by atoms with Gasteiger partial charge in [-0.25, -0.2) is 4.79 Å². The topological polar surface area (TPSA) is 44.4 Å². The first-order valence-corrected chi connectivity index (χ1v) is 5.77. The van der Waals surface area contributed by atoms with Crippen LogP contribution in [0, 0.1) is 5.92 Å². The fourth-order valence-corrected chi connectivity index (χ4v) is 2.53. The van der Waals surface area contributed by atoms with Crippen molar-refractivity contribution in [3.8, 4) is 0 Å². The largest absolute Gasteiger partial charge is 0.405 e. The molecule has 2 amide bonds. The van der Waals surface area contributed by atoms with E-state index < -0.39 is 18.8 Å². The number of fused-ring (bicyclic) bond motifs is 3. The fraction of sp³-hybridized carbons (Fsp3) is 0.900. The van der Waals surface area contributed by atoms with Crippen molar-refractivity contribution in [2.45, 2.75) is 25.1 Å². The zero-order chi connectivity index (χ0) is 12.5. The molecule has 3 saturated heterocycles. The first-order valence-electron chi connectivity index (χ1n) is 5.77. The van der Waals surface area contributed by atoms with Gasteiger partial charge in [-0.3, -0.25) is 0 Å². The summed E-state index contributed by atoms with van der Waals surface area (Å²) in [5, 5.41) is 4.47. The molecule has 0 spiro atoms. The molecule has 3 rings (SSSR count). The van der Waals surface area contributed by atoms with Gasteiger partial charge in [0.25, 0.3) is 0 Å². The van der Waals surface area contributed by atoms with Crippen LogP contribution in [0.2, 0.25) is 0 Å². The summed E-state index contributed by atoms with van der Waals surface area (Å²) in [5.41, 5.74) is 0. The minimum atomic E-state index is -4.35. The van der Waals surface area contributed by atoms with Gasteiger partial charge in [0.05, 0.1) is 0 Å². The average Bonchev–Trinajstić information content (AvgIpc) is 2.27. The number of nitrogens with one attached hydrogen (secondary N) is 2. The number of rotatable bonds is 2. The van der Waals surface area contributed by atoms with Gasteiger partial charge in [-0.05, 0) is 31.8 Å². The number of amides is 2. The van der Waals surface area contributed by atoms with Crippen molar-refractivity contribution in [3.63, 3.8) is 0 Å². The molecule has 0 aromatic heterocycles. The van der Waals surface area contributed by atoms with Crippen LogP contribution in [0.25, 0.3) is 0 Å². The number of hydrogen-bond donors (Lipinski definition) is 2. The summed E-state index contributed by atoms with van der Waals surface area (Å²) in [6.07, 6.45) is -2.32. The van der Waals surface area contributed by atoms with Gasteiger partial charge < -0.3 is 15.5 Å². The van der Waals surface area contributed by atoms with Gasteiger partial charge in [0.2, 0.25) is 0 Å². The van der Waals surface area contributed by atoms with Crippen LogP contribution in [0.5, 0.6) is 0 Å². The first-order chi connectivity index (χ1) is 7.94. The molecule has 0 aromatic carbocycles. The van der Waals surface area contributed by atoms with Crippen molar-refractivity contribution in [2.75, 3.05) is 26.2 Å². The predicted octanol–water partition coefficient (Wildman–Crippen LogP) is 0.942. The van der Waals surface area contributed by atoms with Crippen LogP contribution in [-0.4, -0.2) is 49.3 Å². The van der Waals surface area contributed by atoms with Crippen LogP contribution >= 0.6 is 0 Å². The molecule has 98 valence electrons. The summed E-state index contributed by atoms with van der Waals surface area (Å²) >= 11 is 0. The predicted molar refractivity (Wildman–Crippen MR) is 55.5 cm³/mol. The van der Waals surface area contributed by atoms with Gasteiger partial charge in [-0.15, -0.1) is 0 Å². The van der Waals surface area contributed by atoms with Crippen LogP contribution < -0.4 is 10.6 Å². The van der Waals surface area contributed by atoms with Crippen molar-refractivity contribution in [2.24, 2.45) is 5.92 Å². The Labute approximate surface area is 97.5 Å². The zero-order valence-corrected chi connectivity index (χ0v) is 9.39. The van der Waals surface area contributed by atoms with Gasteiger partial charge in [0.1, 0.15) is 6.54 Å². The molecule has 0 aromatic rings. The number of piperidine rings is 3. The van der Waals surface area contributed by atoms with E-state index in [-0.39, 0.29) is 6.04 Å². The maximum atomic E-state index is 11.9. The summed E-state index contributed by atoms with van der Waals surface area (Å²) < 4.78 is 35.7. The summed E-state index contributed by atoms with van der Waals surface area (Å²) in [6.45, 7) is 1.55. The second-order valence-corrected chi connectivity index (χ2v) is 4.69. The van der Waals surface area contributed by atoms with E-state index in [1.807, 2.05) is 5.32 Å². The molecule has 3 heterocycles. The summed E-state index contributed by atoms with van der Waals surface area (Å²) in [7, 11) is 0. The minimum Gasteiger partial charge on any atom is -0.334 e. The number of nitrogens with zero attached hydrogens (tertiary/aromatic N) is 1. The smallest absolute Gasteiger partial charge is 0.334 e. The highest BCUT2D eigenvalue weighted by Gasteiger charge is 2.35. The van der Waals surface area contributed by atoms with Gasteiger partial charge in [0, 0.05) is 12.6 Å². The number of alkyl halides is 3. The number of urea groups is 1. The maximum absolute atomic E-state index is 11.9. The Bertz CT molecular complexity index is 287. The third-order valence-electron chi connectivity index (χ3n) is 3.42. The molecule has 1 unspecified atom stereocenters. The molecule has 0 aliphatic carbocycles. The van der Waals surface area contributed by atoms with Crippen molar-refractivity contribution in [1.82, 2.24) is 15.5 Å². The molecule has 2 bridgehead atoms. The van der Waals surface area contributed by atoms with Crippen molar-refractivity contribution in [3.05, 3.63) is 0 Å². The Balaban J connectivity index is 1.75. The Morgan fingerprint density at radius 3 is 2.41 bits per heavy atom. The number of hydrogen-bond acceptors (Lipinski definition) is 2. The third kappa shape index (κ3) is 3.49. The van der Waals surface area contributed by atoms with E-state index in [4.69, 9.17) is 0 Å². The van der Waals surface area contributed by atoms with E-state index in [1.165, 1.54) is 0 Å². The van der Waals surface area contributed by atoms with Crippen molar-refractivity contribution < 1.29 is 18.0 Å². The third-order valence-corrected chi connectivity index (χ3v) is 3.42. The molecule has 3 aliphatic heterocycles. The van der Waals surface area contributed by atoms with Gasteiger partial charge in [0.15, 0.2) is 0 Å². The molecule has 3 fully saturated rings. The van der Waals surface area contributed by atoms with E-state index >= 15 is 0 Å². The Morgan fingerprint density at radius 1 is 1.29 bits per heavy atom. The average molecular weight is 251 g/mol. The Kier molecular flexibility index (Phi) is 3.46. The highest BCUT2D eigenvalue weighted by Crippen LogP contribution is 2.27. The van der Waals surface area contributed by atoms with Crippen molar-refractivity contribution >= 4 is 6.03 Å². The zero-order valence-electron chi connectivity index (χ0n) is 9.39. The fourth-order valence-electron chi connectivity index (χ4n) is 2.53. The normalized spacial score (nSPS) is 32.3. The van der Waals surface area contributed by atoms with Gasteiger partial charge in [-0.2, -0.15) is 13.2 Å². The van der Waals surface area contributed by atoms with E-state index in [2.05, 4.69) is 10.2 Å². The number of carbonyl (C=O) groups excluding carboxylic acids is 1. The van der Waals surface area contributed by atoms with Crippen LogP contribution in [0.15, 0.2) is 0 Å². The van der Waals surface area contributed by atoms with Crippen molar-refractivity contribution in [1.29, 1.82) is 0 Å². The number of carbonyl (C=O) groups is 1. The highest BCUT2D eigenvalue weighted by atomic mass is 19.4. The lowest BCUT2D eigenvalue weighted by molar-refractivity contribution is -0.122. The molecular formula is C10H16F3N3O. The molecule has 0 radical (unpaired) electrons. The second kappa shape index (κ2) is 4.72. The summed E-state index contributed by atoms with van der Waals surface area (Å²) in [6, 6.07) is -0.730. The second-order valence-electron chi connectivity index (χ2n) is 4.69. The SMILES string of the molecule is O=C(NCC(F)(F)F)NC1CN2CCC1CC2. The molecular weight excluding hydrogens is 235 g/mol. The lowest BCUT2D eigenvalue weighted by Gasteiger charge is -2.44. The quantitative estimate of drug-likeness (QED) is 0.767. The van der Waals surface area contributed by atoms with E-state index in [0.29, 0.717) is 5.92 Å². The van der Waals surface area contributed by atoms with E-state index in [0.717, 1.165) is 32.5 Å². The summed E-state index contributed by atoms with van der Waals surface area (Å²) in [5.74, 6) is 0.414. The Hall–Kier alpha value is -0.980. The molecule has 0 saturated carbocycles. The molecule has 3 aliphatic rings. The maximum Gasteiger partial charge on any atom is 0.405 e. The van der Waals surface area contributed by atoms with E-state index in [1.54, 1.807) is 0 Å². The van der Waals surface area contributed by atoms with Crippen LogP contribution in [0.4, 0.5) is 18.0 Å². The lowest BCUT2D eigenvalue weighted by Crippen LogP contribution is -2.59. The van der Waals surface area contributed by atoms with Crippen LogP contribution in [-0.2, 0) is 0 Å². The molecule has 4 nitrogen and oxygen atoms in total. The summed E-state index contributed by atoms with van der Waals surface area (Å²) in [4.78, 5) is 13.5. The minimum absolute atomic E-state index is 0.00858. The molecule has 17 heavy (non-hydrogen) atoms. The number of halogens is 3. The first kappa shape index (κ1) is 12.5. The standard InChI is InChI=1S/C10H16F3N3O/c11-10(12,13)6-14-9(17)15-8-5-16-3-1-7(8)2-4-16/h7-8H,1-6H2,(H2,14,15,17). The molecule has 7 heteroatoms. The van der Waals surface area contributed by atoms with Crippen LogP contribution in [0.3, 0.4) is 0 Å². The Morgan fingerprint density at radius 2 is 1.94 bits per heavy atom. The van der Waals surface area contributed by atoms with E-state index in [9.17, 15) is 18.0 Å².